The lowest BCUT2D eigenvalue weighted by Gasteiger charge is -2.11. The van der Waals surface area contributed by atoms with Gasteiger partial charge in [-0.3, -0.25) is 0 Å². The molecular formula is C39H54N3+3. The second-order valence-corrected chi connectivity index (χ2v) is 12.4. The van der Waals surface area contributed by atoms with Crippen LogP contribution in [0.3, 0.4) is 0 Å². The first-order chi connectivity index (χ1) is 20.5. The highest BCUT2D eigenvalue weighted by atomic mass is 14.9. The average molecular weight is 565 g/mol. The molecule has 4 rings (SSSR count). The highest BCUT2D eigenvalue weighted by molar-refractivity contribution is 5.31. The number of aryl methyl sites for hydroxylation is 9. The van der Waals surface area contributed by atoms with E-state index >= 15 is 0 Å². The number of aromatic nitrogens is 3. The van der Waals surface area contributed by atoms with Crippen molar-refractivity contribution in [1.29, 1.82) is 0 Å². The summed E-state index contributed by atoms with van der Waals surface area (Å²) in [4.78, 5) is 0. The molecule has 0 radical (unpaired) electrons. The third-order valence-corrected chi connectivity index (χ3v) is 8.28. The largest absolute Gasteiger partial charge is 0.205 e. The van der Waals surface area contributed by atoms with Crippen molar-refractivity contribution in [3.05, 3.63) is 125 Å². The number of benzene rings is 1. The second-order valence-electron chi connectivity index (χ2n) is 12.4. The van der Waals surface area contributed by atoms with Gasteiger partial charge in [-0.15, -0.1) is 0 Å². The van der Waals surface area contributed by atoms with Gasteiger partial charge in [0.05, 0.1) is 0 Å². The van der Waals surface area contributed by atoms with E-state index in [1.165, 1.54) is 93.7 Å². The highest BCUT2D eigenvalue weighted by Gasteiger charge is 2.07. The molecule has 0 N–H and O–H groups in total. The molecule has 3 aromatic heterocycles. The van der Waals surface area contributed by atoms with Crippen LogP contribution in [0.5, 0.6) is 0 Å². The number of unbranched alkanes of at least 4 members (excludes halogenated alkanes) is 6. The number of rotatable bonds is 18. The molecule has 0 amide bonds. The van der Waals surface area contributed by atoms with Gasteiger partial charge < -0.3 is 0 Å². The van der Waals surface area contributed by atoms with Crippen LogP contribution in [0.2, 0.25) is 0 Å². The van der Waals surface area contributed by atoms with E-state index in [1.54, 1.807) is 16.7 Å². The minimum absolute atomic E-state index is 1.12. The monoisotopic (exact) mass is 564 g/mol. The van der Waals surface area contributed by atoms with Gasteiger partial charge in [0.1, 0.15) is 19.6 Å². The van der Waals surface area contributed by atoms with E-state index in [2.05, 4.69) is 126 Å². The van der Waals surface area contributed by atoms with Crippen LogP contribution in [0.25, 0.3) is 0 Å². The number of pyridine rings is 3. The summed E-state index contributed by atoms with van der Waals surface area (Å²) in [6.45, 7) is 9.88. The van der Waals surface area contributed by atoms with E-state index in [4.69, 9.17) is 0 Å². The van der Waals surface area contributed by atoms with E-state index in [-0.39, 0.29) is 0 Å². The van der Waals surface area contributed by atoms with Gasteiger partial charge in [0.15, 0.2) is 37.2 Å². The zero-order valence-electron chi connectivity index (χ0n) is 26.6. The van der Waals surface area contributed by atoms with Crippen LogP contribution in [0.1, 0.15) is 91.2 Å². The van der Waals surface area contributed by atoms with E-state index in [0.717, 1.165) is 19.6 Å². The first-order valence-electron chi connectivity index (χ1n) is 16.5. The summed E-state index contributed by atoms with van der Waals surface area (Å²) < 4.78 is 7.01. The fourth-order valence-electron chi connectivity index (χ4n) is 6.05. The Balaban J connectivity index is 1.24. The van der Waals surface area contributed by atoms with Gasteiger partial charge in [0.25, 0.3) is 0 Å². The third-order valence-electron chi connectivity index (χ3n) is 8.28. The summed E-state index contributed by atoms with van der Waals surface area (Å²) in [7, 11) is 0. The minimum atomic E-state index is 1.12. The van der Waals surface area contributed by atoms with Crippen molar-refractivity contribution in [2.24, 2.45) is 0 Å². The Hall–Kier alpha value is -3.33. The van der Waals surface area contributed by atoms with Crippen molar-refractivity contribution in [3.8, 4) is 0 Å². The van der Waals surface area contributed by atoms with Gasteiger partial charge in [-0.25, -0.2) is 13.7 Å². The molecule has 0 atom stereocenters. The predicted molar refractivity (Wildman–Crippen MR) is 173 cm³/mol. The van der Waals surface area contributed by atoms with Crippen molar-refractivity contribution >= 4 is 0 Å². The lowest BCUT2D eigenvalue weighted by molar-refractivity contribution is -0.697. The van der Waals surface area contributed by atoms with Gasteiger partial charge >= 0.3 is 0 Å². The minimum Gasteiger partial charge on any atom is -0.205 e. The van der Waals surface area contributed by atoms with Crippen LogP contribution in [0, 0.1) is 20.8 Å². The lowest BCUT2D eigenvalue weighted by Crippen LogP contribution is -2.32. The predicted octanol–water partition coefficient (Wildman–Crippen LogP) is 7.71. The molecule has 0 spiro atoms. The van der Waals surface area contributed by atoms with Crippen LogP contribution in [0.4, 0.5) is 0 Å². The Morgan fingerprint density at radius 1 is 0.405 bits per heavy atom. The first kappa shape index (κ1) is 31.6. The molecule has 0 aliphatic rings. The zero-order chi connectivity index (χ0) is 29.4. The molecule has 0 bridgehead atoms. The molecule has 0 fully saturated rings. The molecule has 3 heterocycles. The summed E-state index contributed by atoms with van der Waals surface area (Å²) in [5.41, 5.74) is 8.67. The van der Waals surface area contributed by atoms with Gasteiger partial charge in [-0.1, -0.05) is 18.2 Å². The maximum Gasteiger partial charge on any atom is 0.171 e. The first-order valence-corrected chi connectivity index (χ1v) is 16.5. The molecule has 3 nitrogen and oxygen atoms in total. The Bertz CT molecular complexity index is 1180. The summed E-state index contributed by atoms with van der Waals surface area (Å²) in [5.74, 6) is 0. The van der Waals surface area contributed by atoms with Gasteiger partial charge in [0, 0.05) is 54.2 Å². The normalized spacial score (nSPS) is 11.2. The molecule has 0 aliphatic carbocycles. The lowest BCUT2D eigenvalue weighted by atomic mass is 9.95. The van der Waals surface area contributed by atoms with Gasteiger partial charge in [0.2, 0.25) is 0 Å². The zero-order valence-corrected chi connectivity index (χ0v) is 26.6. The summed E-state index contributed by atoms with van der Waals surface area (Å²) >= 11 is 0. The van der Waals surface area contributed by atoms with Crippen molar-refractivity contribution < 1.29 is 13.7 Å². The fraction of sp³-hybridized carbons (Fsp3) is 0.462. The SMILES string of the molecule is Cc1ccc[n+](CCCCCc2cc(CCCCC[n+]3cccc(C)c3)cc(CCCCC[n+]3cccc(C)c3)c2)c1. The summed E-state index contributed by atoms with van der Waals surface area (Å²) in [6.07, 6.45) is 28.4. The van der Waals surface area contributed by atoms with Crippen LogP contribution >= 0.6 is 0 Å². The van der Waals surface area contributed by atoms with Crippen molar-refractivity contribution in [2.75, 3.05) is 0 Å². The quantitative estimate of drug-likeness (QED) is 0.0866. The van der Waals surface area contributed by atoms with E-state index in [0.29, 0.717) is 0 Å². The molecule has 0 saturated heterocycles. The fourth-order valence-corrected chi connectivity index (χ4v) is 6.05. The van der Waals surface area contributed by atoms with E-state index < -0.39 is 0 Å². The second kappa shape index (κ2) is 17.6. The Labute approximate surface area is 255 Å². The van der Waals surface area contributed by atoms with Crippen LogP contribution in [-0.4, -0.2) is 0 Å². The van der Waals surface area contributed by atoms with Crippen molar-refractivity contribution in [3.63, 3.8) is 0 Å². The van der Waals surface area contributed by atoms with Crippen molar-refractivity contribution in [2.45, 2.75) is 117 Å². The van der Waals surface area contributed by atoms with Crippen LogP contribution < -0.4 is 13.7 Å². The standard InChI is InChI=1S/C39H54N3/c1-34-16-13-25-40(31-34)22-10-4-7-19-37-28-38(20-8-5-11-23-41-26-14-17-35(2)32-41)30-39(29-37)21-9-6-12-24-42-27-15-18-36(3)33-42/h13-18,25-33H,4-12,19-24H2,1-3H3/q+3. The maximum absolute atomic E-state index is 2.52. The molecule has 3 heteroatoms. The Kier molecular flexibility index (Phi) is 13.2. The molecule has 0 saturated carbocycles. The smallest absolute Gasteiger partial charge is 0.171 e. The Morgan fingerprint density at radius 3 is 1.00 bits per heavy atom. The summed E-state index contributed by atoms with van der Waals surface area (Å²) in [6, 6.07) is 20.5. The molecule has 222 valence electrons. The maximum atomic E-state index is 2.52. The number of nitrogens with zero attached hydrogens (tertiary/aromatic N) is 3. The van der Waals surface area contributed by atoms with Crippen molar-refractivity contribution in [1.82, 2.24) is 0 Å². The third kappa shape index (κ3) is 11.9. The molecule has 4 aromatic rings. The van der Waals surface area contributed by atoms with Crippen LogP contribution in [0.15, 0.2) is 91.8 Å². The van der Waals surface area contributed by atoms with Gasteiger partial charge in [-0.05, 0) is 113 Å². The van der Waals surface area contributed by atoms with Gasteiger partial charge in [-0.2, -0.15) is 0 Å². The molecular weight excluding hydrogens is 510 g/mol. The topological polar surface area (TPSA) is 11.6 Å². The Morgan fingerprint density at radius 2 is 0.714 bits per heavy atom. The number of hydrogen-bond donors (Lipinski definition) is 0. The van der Waals surface area contributed by atoms with E-state index in [1.807, 2.05) is 0 Å². The van der Waals surface area contributed by atoms with Crippen LogP contribution in [-0.2, 0) is 38.9 Å². The molecule has 0 aliphatic heterocycles. The average Bonchev–Trinajstić information content (AvgIpc) is 2.97. The summed E-state index contributed by atoms with van der Waals surface area (Å²) in [5, 5.41) is 0. The molecule has 42 heavy (non-hydrogen) atoms. The molecule has 0 unspecified atom stereocenters. The highest BCUT2D eigenvalue weighted by Crippen LogP contribution is 2.18. The van der Waals surface area contributed by atoms with E-state index in [9.17, 15) is 0 Å². The molecule has 1 aromatic carbocycles. The number of hydrogen-bond acceptors (Lipinski definition) is 0.